The Kier molecular flexibility index (Phi) is 6.80. The number of aromatic amines is 1. The molecule has 0 unspecified atom stereocenters. The lowest BCUT2D eigenvalue weighted by Crippen LogP contribution is -2.14. The smallest absolute Gasteiger partial charge is 0.140 e. The van der Waals surface area contributed by atoms with Crippen molar-refractivity contribution in [3.63, 3.8) is 0 Å². The first-order valence-electron chi connectivity index (χ1n) is 11.0. The number of aromatic nitrogens is 8. The van der Waals surface area contributed by atoms with Gasteiger partial charge < -0.3 is 5.32 Å². The predicted octanol–water partition coefficient (Wildman–Crippen LogP) is 3.89. The zero-order valence-electron chi connectivity index (χ0n) is 19.2. The Morgan fingerprint density at radius 2 is 1.70 bits per heavy atom. The Bertz CT molecular complexity index is 1350. The molecule has 5 heterocycles. The van der Waals surface area contributed by atoms with Crippen molar-refractivity contribution in [3.8, 4) is 33.9 Å². The SMILES string of the molecule is CC.CNCCn1cc(-c2cnc3ccc(-c4n[nH]nc4-c4cccc(C)n4)nc3c2)cn1. The fourth-order valence-corrected chi connectivity index (χ4v) is 3.42. The summed E-state index contributed by atoms with van der Waals surface area (Å²) >= 11 is 0. The quantitative estimate of drug-likeness (QED) is 0.411. The molecule has 0 radical (unpaired) electrons. The maximum Gasteiger partial charge on any atom is 0.140 e. The van der Waals surface area contributed by atoms with Gasteiger partial charge in [-0.05, 0) is 44.3 Å². The highest BCUT2D eigenvalue weighted by molar-refractivity contribution is 5.83. The number of hydrogen-bond acceptors (Lipinski definition) is 7. The van der Waals surface area contributed by atoms with Crippen molar-refractivity contribution in [3.05, 3.63) is 60.7 Å². The number of nitrogens with zero attached hydrogens (tertiary/aromatic N) is 7. The van der Waals surface area contributed by atoms with Gasteiger partial charge in [0, 0.05) is 35.8 Å². The molecule has 0 amide bonds. The van der Waals surface area contributed by atoms with E-state index in [0.717, 1.165) is 46.6 Å². The highest BCUT2D eigenvalue weighted by Gasteiger charge is 2.16. The molecule has 5 aromatic heterocycles. The van der Waals surface area contributed by atoms with E-state index in [1.165, 1.54) is 0 Å². The molecule has 168 valence electrons. The van der Waals surface area contributed by atoms with Crippen LogP contribution in [-0.4, -0.2) is 53.7 Å². The largest absolute Gasteiger partial charge is 0.318 e. The second-order valence-electron chi connectivity index (χ2n) is 7.24. The highest BCUT2D eigenvalue weighted by Crippen LogP contribution is 2.28. The zero-order valence-corrected chi connectivity index (χ0v) is 19.2. The molecule has 0 aromatic carbocycles. The summed E-state index contributed by atoms with van der Waals surface area (Å²) in [7, 11) is 1.93. The second kappa shape index (κ2) is 10.1. The Morgan fingerprint density at radius 1 is 0.909 bits per heavy atom. The molecular formula is C24H27N9. The molecule has 0 fully saturated rings. The molecule has 9 nitrogen and oxygen atoms in total. The molecule has 0 aliphatic carbocycles. The van der Waals surface area contributed by atoms with Gasteiger partial charge in [-0.15, -0.1) is 0 Å². The monoisotopic (exact) mass is 441 g/mol. The zero-order chi connectivity index (χ0) is 23.2. The Labute approximate surface area is 192 Å². The van der Waals surface area contributed by atoms with Gasteiger partial charge in [-0.1, -0.05) is 19.9 Å². The third-order valence-corrected chi connectivity index (χ3v) is 5.02. The number of likely N-dealkylation sites (N-methyl/N-ethyl adjacent to an activating group) is 1. The molecule has 0 bridgehead atoms. The summed E-state index contributed by atoms with van der Waals surface area (Å²) < 4.78 is 1.91. The Hall–Kier alpha value is -3.98. The van der Waals surface area contributed by atoms with Crippen molar-refractivity contribution >= 4 is 11.0 Å². The summed E-state index contributed by atoms with van der Waals surface area (Å²) in [4.78, 5) is 14.0. The summed E-state index contributed by atoms with van der Waals surface area (Å²) in [6.07, 6.45) is 5.71. The van der Waals surface area contributed by atoms with E-state index in [1.807, 2.05) is 87.5 Å². The number of pyridine rings is 3. The lowest BCUT2D eigenvalue weighted by atomic mass is 10.1. The van der Waals surface area contributed by atoms with Gasteiger partial charge in [0.2, 0.25) is 0 Å². The minimum Gasteiger partial charge on any atom is -0.318 e. The van der Waals surface area contributed by atoms with Crippen molar-refractivity contribution in [1.82, 2.24) is 45.5 Å². The lowest BCUT2D eigenvalue weighted by Gasteiger charge is -2.04. The van der Waals surface area contributed by atoms with Crippen LogP contribution >= 0.6 is 0 Å². The van der Waals surface area contributed by atoms with Gasteiger partial charge in [0.05, 0.1) is 35.2 Å². The van der Waals surface area contributed by atoms with Gasteiger partial charge in [-0.3, -0.25) is 14.6 Å². The maximum absolute atomic E-state index is 4.82. The normalized spacial score (nSPS) is 10.8. The van der Waals surface area contributed by atoms with E-state index in [9.17, 15) is 0 Å². The van der Waals surface area contributed by atoms with E-state index in [-0.39, 0.29) is 0 Å². The molecule has 9 heteroatoms. The standard InChI is InChI=1S/C22H21N9.C2H6/c1-14-4-3-5-18(26-14)21-22(29-30-28-21)19-7-6-17-20(27-19)10-15(11-24-17)16-12-25-31(13-16)9-8-23-2;1-2/h3-7,10-13,23H,8-9H2,1-2H3,(H,28,29,30);1-2H3. The topological polar surface area (TPSA) is 110 Å². The minimum absolute atomic E-state index is 0.658. The Balaban J connectivity index is 0.00000126. The van der Waals surface area contributed by atoms with Crippen LogP contribution in [-0.2, 0) is 6.54 Å². The van der Waals surface area contributed by atoms with E-state index in [0.29, 0.717) is 17.1 Å². The minimum atomic E-state index is 0.658. The number of hydrogen-bond donors (Lipinski definition) is 2. The second-order valence-corrected chi connectivity index (χ2v) is 7.24. The van der Waals surface area contributed by atoms with Crippen LogP contribution < -0.4 is 5.32 Å². The van der Waals surface area contributed by atoms with E-state index >= 15 is 0 Å². The predicted molar refractivity (Wildman–Crippen MR) is 129 cm³/mol. The summed E-state index contributed by atoms with van der Waals surface area (Å²) in [6.45, 7) is 7.62. The molecule has 0 aliphatic rings. The van der Waals surface area contributed by atoms with Crippen molar-refractivity contribution in [1.29, 1.82) is 0 Å². The third kappa shape index (κ3) is 4.78. The van der Waals surface area contributed by atoms with Crippen LogP contribution in [0.4, 0.5) is 0 Å². The average Bonchev–Trinajstić information content (AvgIpc) is 3.53. The first-order chi connectivity index (χ1) is 16.2. The van der Waals surface area contributed by atoms with Gasteiger partial charge in [-0.2, -0.15) is 20.5 Å². The van der Waals surface area contributed by atoms with Gasteiger partial charge in [-0.25, -0.2) is 4.98 Å². The van der Waals surface area contributed by atoms with Crippen LogP contribution in [0.1, 0.15) is 19.5 Å². The molecule has 0 saturated heterocycles. The van der Waals surface area contributed by atoms with E-state index in [1.54, 1.807) is 0 Å². The van der Waals surface area contributed by atoms with Gasteiger partial charge in [0.15, 0.2) is 0 Å². The third-order valence-electron chi connectivity index (χ3n) is 5.02. The van der Waals surface area contributed by atoms with Crippen LogP contribution in [0.2, 0.25) is 0 Å². The van der Waals surface area contributed by atoms with Crippen molar-refractivity contribution in [2.45, 2.75) is 27.3 Å². The van der Waals surface area contributed by atoms with E-state index < -0.39 is 0 Å². The van der Waals surface area contributed by atoms with Crippen molar-refractivity contribution in [2.75, 3.05) is 13.6 Å². The van der Waals surface area contributed by atoms with Crippen LogP contribution in [0.15, 0.2) is 55.0 Å². The van der Waals surface area contributed by atoms with Gasteiger partial charge in [0.1, 0.15) is 11.4 Å². The summed E-state index contributed by atoms with van der Waals surface area (Å²) in [5.41, 5.74) is 7.28. The first kappa shape index (κ1) is 22.2. The van der Waals surface area contributed by atoms with Gasteiger partial charge in [0.25, 0.3) is 0 Å². The average molecular weight is 442 g/mol. The molecular weight excluding hydrogens is 414 g/mol. The maximum atomic E-state index is 4.82. The molecule has 5 aromatic rings. The fourth-order valence-electron chi connectivity index (χ4n) is 3.42. The molecule has 0 atom stereocenters. The van der Waals surface area contributed by atoms with Crippen molar-refractivity contribution in [2.24, 2.45) is 0 Å². The summed E-state index contributed by atoms with van der Waals surface area (Å²) in [6, 6.07) is 11.7. The van der Waals surface area contributed by atoms with Crippen molar-refractivity contribution < 1.29 is 0 Å². The number of nitrogens with one attached hydrogen (secondary N) is 2. The highest BCUT2D eigenvalue weighted by atomic mass is 15.3. The van der Waals surface area contributed by atoms with Crippen LogP contribution in [0.3, 0.4) is 0 Å². The number of fused-ring (bicyclic) bond motifs is 1. The van der Waals surface area contributed by atoms with Gasteiger partial charge >= 0.3 is 0 Å². The number of H-pyrrole nitrogens is 1. The molecule has 0 aliphatic heterocycles. The number of aryl methyl sites for hydroxylation is 1. The van der Waals surface area contributed by atoms with Crippen LogP contribution in [0.5, 0.6) is 0 Å². The Morgan fingerprint density at radius 3 is 2.45 bits per heavy atom. The molecule has 0 saturated carbocycles. The lowest BCUT2D eigenvalue weighted by molar-refractivity contribution is 0.585. The molecule has 5 rings (SSSR count). The fraction of sp³-hybridized carbons (Fsp3) is 0.250. The summed E-state index contributed by atoms with van der Waals surface area (Å²) in [5.74, 6) is 0. The molecule has 33 heavy (non-hydrogen) atoms. The van der Waals surface area contributed by atoms with E-state index in [4.69, 9.17) is 4.98 Å². The molecule has 0 spiro atoms. The van der Waals surface area contributed by atoms with E-state index in [2.05, 4.69) is 35.8 Å². The van der Waals surface area contributed by atoms with Crippen LogP contribution in [0.25, 0.3) is 44.9 Å². The van der Waals surface area contributed by atoms with Crippen LogP contribution in [0, 0.1) is 6.92 Å². The summed E-state index contributed by atoms with van der Waals surface area (Å²) in [5, 5.41) is 18.9. The molecule has 2 N–H and O–H groups in total. The first-order valence-corrected chi connectivity index (χ1v) is 11.0. The number of rotatable bonds is 6.